The number of hydrogen-bond acceptors (Lipinski definition) is 5. The summed E-state index contributed by atoms with van der Waals surface area (Å²) < 4.78 is 18.6. The first-order valence-electron chi connectivity index (χ1n) is 12.2. The topological polar surface area (TPSA) is 85.9 Å². The van der Waals surface area contributed by atoms with Gasteiger partial charge in [-0.05, 0) is 44.6 Å². The Hall–Kier alpha value is -3.42. The summed E-state index contributed by atoms with van der Waals surface area (Å²) in [5.74, 6) is 1.47. The first kappa shape index (κ1) is 23.3. The van der Waals surface area contributed by atoms with Gasteiger partial charge in [-0.15, -0.1) is 0 Å². The van der Waals surface area contributed by atoms with Crippen molar-refractivity contribution in [3.8, 4) is 11.5 Å². The second-order valence-electron chi connectivity index (χ2n) is 10.0. The summed E-state index contributed by atoms with van der Waals surface area (Å²) >= 11 is 0. The Morgan fingerprint density at radius 3 is 2.66 bits per heavy atom. The second kappa shape index (κ2) is 8.98. The number of nitrogens with zero attached hydrogens (tertiary/aromatic N) is 2. The molecule has 2 aromatic heterocycles. The fourth-order valence-corrected chi connectivity index (χ4v) is 5.51. The molecule has 3 heterocycles. The number of carbonyl (C=O) groups excluding carboxylic acids is 2. The lowest BCUT2D eigenvalue weighted by Crippen LogP contribution is -2.64. The molecule has 1 aromatic carbocycles. The van der Waals surface area contributed by atoms with E-state index in [0.29, 0.717) is 35.2 Å². The molecule has 1 fully saturated rings. The highest BCUT2D eigenvalue weighted by Crippen LogP contribution is 2.37. The molecule has 1 aliphatic heterocycles. The summed E-state index contributed by atoms with van der Waals surface area (Å²) in [6.07, 6.45) is 5.73. The van der Waals surface area contributed by atoms with Crippen molar-refractivity contribution in [3.63, 3.8) is 0 Å². The predicted molar refractivity (Wildman–Crippen MR) is 132 cm³/mol. The number of nitrogens with one attached hydrogen (secondary N) is 1. The third-order valence-corrected chi connectivity index (χ3v) is 7.70. The van der Waals surface area contributed by atoms with E-state index < -0.39 is 5.54 Å². The van der Waals surface area contributed by atoms with Crippen molar-refractivity contribution in [1.29, 1.82) is 0 Å². The lowest BCUT2D eigenvalue weighted by atomic mass is 9.86. The van der Waals surface area contributed by atoms with Crippen LogP contribution in [0.15, 0.2) is 41.0 Å². The molecule has 2 amide bonds. The van der Waals surface area contributed by atoms with E-state index in [1.165, 1.54) is 0 Å². The number of methoxy groups -OCH3 is 2. The van der Waals surface area contributed by atoms with Crippen LogP contribution in [0.2, 0.25) is 0 Å². The number of rotatable bonds is 6. The Labute approximate surface area is 205 Å². The van der Waals surface area contributed by atoms with Crippen molar-refractivity contribution in [1.82, 2.24) is 14.8 Å². The largest absolute Gasteiger partial charge is 0.493 e. The molecule has 8 nitrogen and oxygen atoms in total. The van der Waals surface area contributed by atoms with Gasteiger partial charge in [0.1, 0.15) is 11.2 Å². The molecule has 0 spiro atoms. The van der Waals surface area contributed by atoms with Gasteiger partial charge in [0.2, 0.25) is 5.91 Å². The Kier molecular flexibility index (Phi) is 5.99. The Balaban J connectivity index is 1.54. The molecule has 0 unspecified atom stereocenters. The molecule has 2 aliphatic rings. The van der Waals surface area contributed by atoms with Gasteiger partial charge in [-0.2, -0.15) is 0 Å². The fraction of sp³-hybridized carbons (Fsp3) is 0.481. The van der Waals surface area contributed by atoms with Crippen LogP contribution in [0.4, 0.5) is 0 Å². The van der Waals surface area contributed by atoms with Gasteiger partial charge in [-0.25, -0.2) is 0 Å². The van der Waals surface area contributed by atoms with Crippen molar-refractivity contribution in [2.45, 2.75) is 64.2 Å². The maximum Gasteiger partial charge on any atom is 0.271 e. The minimum absolute atomic E-state index is 0.124. The molecule has 35 heavy (non-hydrogen) atoms. The highest BCUT2D eigenvalue weighted by atomic mass is 16.5. The zero-order chi connectivity index (χ0) is 24.7. The molecule has 186 valence electrons. The highest BCUT2D eigenvalue weighted by molar-refractivity contribution is 6.03. The van der Waals surface area contributed by atoms with Crippen molar-refractivity contribution >= 4 is 22.9 Å². The molecule has 8 heteroatoms. The van der Waals surface area contributed by atoms with Gasteiger partial charge in [-0.3, -0.25) is 9.59 Å². The normalized spacial score (nSPS) is 24.3. The summed E-state index contributed by atoms with van der Waals surface area (Å²) in [6.45, 7) is 4.65. The smallest absolute Gasteiger partial charge is 0.271 e. The van der Waals surface area contributed by atoms with Gasteiger partial charge in [0, 0.05) is 23.7 Å². The molecule has 3 aromatic rings. The summed E-state index contributed by atoms with van der Waals surface area (Å²) in [6, 6.07) is 9.30. The molecular weight excluding hydrogens is 446 g/mol. The molecule has 1 N–H and O–H groups in total. The first-order chi connectivity index (χ1) is 16.9. The Bertz CT molecular complexity index is 1250. The van der Waals surface area contributed by atoms with E-state index >= 15 is 0 Å². The third kappa shape index (κ3) is 3.94. The minimum atomic E-state index is -1.11. The highest BCUT2D eigenvalue weighted by Gasteiger charge is 2.48. The maximum absolute atomic E-state index is 13.9. The SMILES string of the molecule is COc1cccc(CN2C(=O)c3cc4occc4n3C[C@@]2(C)C(=O)NC2CCC(C)CC2)c1OC. The summed E-state index contributed by atoms with van der Waals surface area (Å²) in [5, 5.41) is 3.28. The van der Waals surface area contributed by atoms with Crippen LogP contribution in [-0.2, 0) is 17.9 Å². The van der Waals surface area contributed by atoms with Gasteiger partial charge in [0.05, 0.1) is 39.1 Å². The van der Waals surface area contributed by atoms with Crippen LogP contribution in [0.1, 0.15) is 55.6 Å². The zero-order valence-corrected chi connectivity index (χ0v) is 20.8. The van der Waals surface area contributed by atoms with E-state index in [9.17, 15) is 9.59 Å². The number of aromatic nitrogens is 1. The van der Waals surface area contributed by atoms with Crippen LogP contribution >= 0.6 is 0 Å². The zero-order valence-electron chi connectivity index (χ0n) is 20.8. The predicted octanol–water partition coefficient (Wildman–Crippen LogP) is 4.36. The van der Waals surface area contributed by atoms with Crippen molar-refractivity contribution in [2.24, 2.45) is 5.92 Å². The Morgan fingerprint density at radius 2 is 1.94 bits per heavy atom. The van der Waals surface area contributed by atoms with Crippen molar-refractivity contribution in [3.05, 3.63) is 47.9 Å². The van der Waals surface area contributed by atoms with Gasteiger partial charge < -0.3 is 28.7 Å². The molecule has 0 radical (unpaired) electrons. The third-order valence-electron chi connectivity index (χ3n) is 7.70. The number of fused-ring (bicyclic) bond motifs is 3. The van der Waals surface area contributed by atoms with Crippen LogP contribution < -0.4 is 14.8 Å². The number of para-hydroxylation sites is 1. The number of benzene rings is 1. The number of furan rings is 1. The lowest BCUT2D eigenvalue weighted by Gasteiger charge is -2.45. The van der Waals surface area contributed by atoms with E-state index in [-0.39, 0.29) is 24.4 Å². The number of carbonyl (C=O) groups is 2. The average Bonchev–Trinajstić information content (AvgIpc) is 3.45. The maximum atomic E-state index is 13.9. The number of hydrogen-bond donors (Lipinski definition) is 1. The van der Waals surface area contributed by atoms with E-state index in [1.807, 2.05) is 35.8 Å². The van der Waals surface area contributed by atoms with Crippen LogP contribution in [-0.4, -0.2) is 47.1 Å². The van der Waals surface area contributed by atoms with Crippen LogP contribution in [0.5, 0.6) is 11.5 Å². The van der Waals surface area contributed by atoms with Crippen molar-refractivity contribution < 1.29 is 23.5 Å². The average molecular weight is 480 g/mol. The lowest BCUT2D eigenvalue weighted by molar-refractivity contribution is -0.134. The van der Waals surface area contributed by atoms with Crippen molar-refractivity contribution in [2.75, 3.05) is 14.2 Å². The standard InChI is InChI=1S/C27H33N3O5/c1-17-8-10-19(11-9-17)28-26(32)27(2)16-29-20-12-13-35-23(20)14-21(29)25(31)30(27)15-18-6-5-7-22(33-3)24(18)34-4/h5-7,12-14,17,19H,8-11,15-16H2,1-4H3,(H,28,32)/t17?,19?,27-/m0/s1. The van der Waals surface area contributed by atoms with E-state index in [0.717, 1.165) is 36.8 Å². The van der Waals surface area contributed by atoms with Gasteiger partial charge in [0.25, 0.3) is 5.91 Å². The number of ether oxygens (including phenoxy) is 2. The van der Waals surface area contributed by atoms with Crippen LogP contribution in [0.25, 0.3) is 11.1 Å². The van der Waals surface area contributed by atoms with Gasteiger partial charge in [-0.1, -0.05) is 19.1 Å². The fourth-order valence-electron chi connectivity index (χ4n) is 5.51. The molecule has 1 aliphatic carbocycles. The van der Waals surface area contributed by atoms with Gasteiger partial charge >= 0.3 is 0 Å². The van der Waals surface area contributed by atoms with Crippen LogP contribution in [0.3, 0.4) is 0 Å². The summed E-state index contributed by atoms with van der Waals surface area (Å²) in [4.78, 5) is 29.5. The van der Waals surface area contributed by atoms with Gasteiger partial charge in [0.15, 0.2) is 17.1 Å². The molecule has 0 bridgehead atoms. The first-order valence-corrected chi connectivity index (χ1v) is 12.2. The minimum Gasteiger partial charge on any atom is -0.493 e. The van der Waals surface area contributed by atoms with E-state index in [2.05, 4.69) is 12.2 Å². The quantitative estimate of drug-likeness (QED) is 0.568. The number of amides is 2. The molecule has 0 saturated heterocycles. The van der Waals surface area contributed by atoms with E-state index in [1.54, 1.807) is 31.4 Å². The second-order valence-corrected chi connectivity index (χ2v) is 10.0. The monoisotopic (exact) mass is 479 g/mol. The molecule has 5 rings (SSSR count). The van der Waals surface area contributed by atoms with Crippen LogP contribution in [0, 0.1) is 5.92 Å². The molecular formula is C27H33N3O5. The summed E-state index contributed by atoms with van der Waals surface area (Å²) in [5.41, 5.74) is 1.63. The summed E-state index contributed by atoms with van der Waals surface area (Å²) in [7, 11) is 3.16. The Morgan fingerprint density at radius 1 is 1.17 bits per heavy atom. The molecule has 1 atom stereocenters. The van der Waals surface area contributed by atoms with E-state index in [4.69, 9.17) is 13.9 Å². The molecule has 1 saturated carbocycles.